The normalized spacial score (nSPS) is 13.8. The standard InChI is InChI=1S/C14H18N2OS/c15-7-1-4-13-9-12(10-18-13)14(17)16-8-2-3-11-5-6-11/h9-11H,2-3,5-8,15H2,(H,16,17). The molecule has 1 amide bonds. The molecule has 18 heavy (non-hydrogen) atoms. The number of hydrogen-bond donors (Lipinski definition) is 2. The van der Waals surface area contributed by atoms with Crippen LogP contribution < -0.4 is 11.1 Å². The molecule has 0 aliphatic heterocycles. The number of thiophene rings is 1. The van der Waals surface area contributed by atoms with Crippen LogP contribution >= 0.6 is 11.3 Å². The molecule has 1 heterocycles. The summed E-state index contributed by atoms with van der Waals surface area (Å²) >= 11 is 1.48. The number of nitrogens with two attached hydrogens (primary N) is 1. The fourth-order valence-electron chi connectivity index (χ4n) is 1.76. The molecule has 0 spiro atoms. The summed E-state index contributed by atoms with van der Waals surface area (Å²) in [6, 6.07) is 1.82. The van der Waals surface area contributed by atoms with Crippen molar-refractivity contribution in [2.75, 3.05) is 13.1 Å². The predicted molar refractivity (Wildman–Crippen MR) is 74.5 cm³/mol. The molecule has 0 radical (unpaired) electrons. The minimum Gasteiger partial charge on any atom is -0.352 e. The Bertz CT molecular complexity index is 466. The van der Waals surface area contributed by atoms with Gasteiger partial charge in [-0.15, -0.1) is 11.3 Å². The van der Waals surface area contributed by atoms with Gasteiger partial charge in [-0.05, 0) is 24.8 Å². The van der Waals surface area contributed by atoms with Crippen molar-refractivity contribution < 1.29 is 4.79 Å². The molecule has 1 fully saturated rings. The zero-order chi connectivity index (χ0) is 12.8. The van der Waals surface area contributed by atoms with Crippen molar-refractivity contribution in [3.05, 3.63) is 21.9 Å². The molecule has 0 saturated heterocycles. The topological polar surface area (TPSA) is 55.1 Å². The van der Waals surface area contributed by atoms with E-state index in [1.165, 1.54) is 30.6 Å². The van der Waals surface area contributed by atoms with E-state index in [1.807, 2.05) is 11.4 Å². The quantitative estimate of drug-likeness (QED) is 0.630. The van der Waals surface area contributed by atoms with Gasteiger partial charge in [0.05, 0.1) is 17.0 Å². The second kappa shape index (κ2) is 6.58. The van der Waals surface area contributed by atoms with E-state index in [1.54, 1.807) is 0 Å². The van der Waals surface area contributed by atoms with Gasteiger partial charge in [-0.25, -0.2) is 0 Å². The number of rotatable bonds is 5. The second-order valence-corrected chi connectivity index (χ2v) is 5.46. The minimum atomic E-state index is 0.00263. The molecule has 0 bridgehead atoms. The lowest BCUT2D eigenvalue weighted by atomic mass is 10.2. The van der Waals surface area contributed by atoms with Gasteiger partial charge in [0.15, 0.2) is 0 Å². The second-order valence-electron chi connectivity index (χ2n) is 4.55. The number of amides is 1. The molecule has 1 aliphatic rings. The van der Waals surface area contributed by atoms with Crippen LogP contribution in [-0.2, 0) is 0 Å². The zero-order valence-electron chi connectivity index (χ0n) is 10.4. The Morgan fingerprint density at radius 3 is 3.11 bits per heavy atom. The van der Waals surface area contributed by atoms with E-state index in [0.29, 0.717) is 12.1 Å². The third-order valence-electron chi connectivity index (χ3n) is 2.95. The minimum absolute atomic E-state index is 0.00263. The van der Waals surface area contributed by atoms with Crippen LogP contribution in [0.3, 0.4) is 0 Å². The third kappa shape index (κ3) is 4.17. The summed E-state index contributed by atoms with van der Waals surface area (Å²) in [6.07, 6.45) is 5.08. The molecular formula is C14H18N2OS. The highest BCUT2D eigenvalue weighted by molar-refractivity contribution is 7.10. The lowest BCUT2D eigenvalue weighted by Crippen LogP contribution is -2.23. The fourth-order valence-corrected chi connectivity index (χ4v) is 2.52. The van der Waals surface area contributed by atoms with Gasteiger partial charge in [0.25, 0.3) is 5.91 Å². The van der Waals surface area contributed by atoms with E-state index < -0.39 is 0 Å². The van der Waals surface area contributed by atoms with Gasteiger partial charge < -0.3 is 11.1 Å². The molecule has 1 saturated carbocycles. The maximum Gasteiger partial charge on any atom is 0.252 e. The summed E-state index contributed by atoms with van der Waals surface area (Å²) in [7, 11) is 0. The van der Waals surface area contributed by atoms with Gasteiger partial charge in [-0.1, -0.05) is 24.7 Å². The van der Waals surface area contributed by atoms with Crippen LogP contribution in [0.15, 0.2) is 11.4 Å². The first-order chi connectivity index (χ1) is 8.79. The van der Waals surface area contributed by atoms with E-state index in [9.17, 15) is 4.79 Å². The maximum atomic E-state index is 11.8. The number of carbonyl (C=O) groups excluding carboxylic acids is 1. The molecule has 1 aliphatic carbocycles. The van der Waals surface area contributed by atoms with Crippen molar-refractivity contribution in [1.29, 1.82) is 0 Å². The van der Waals surface area contributed by atoms with Gasteiger partial charge in [0.2, 0.25) is 0 Å². The van der Waals surface area contributed by atoms with Gasteiger partial charge in [0.1, 0.15) is 0 Å². The molecule has 0 unspecified atom stereocenters. The monoisotopic (exact) mass is 262 g/mol. The summed E-state index contributed by atoms with van der Waals surface area (Å²) in [5.74, 6) is 6.65. The summed E-state index contributed by atoms with van der Waals surface area (Å²) in [5.41, 5.74) is 6.01. The molecule has 2 rings (SSSR count). The van der Waals surface area contributed by atoms with Crippen molar-refractivity contribution >= 4 is 17.2 Å². The molecule has 1 aromatic heterocycles. The van der Waals surface area contributed by atoms with Gasteiger partial charge >= 0.3 is 0 Å². The highest BCUT2D eigenvalue weighted by Crippen LogP contribution is 2.33. The third-order valence-corrected chi connectivity index (χ3v) is 3.79. The largest absolute Gasteiger partial charge is 0.352 e. The summed E-state index contributed by atoms with van der Waals surface area (Å²) in [4.78, 5) is 12.7. The molecule has 1 aromatic rings. The summed E-state index contributed by atoms with van der Waals surface area (Å²) < 4.78 is 0. The van der Waals surface area contributed by atoms with Crippen LogP contribution in [0.1, 0.15) is 40.9 Å². The highest BCUT2D eigenvalue weighted by Gasteiger charge is 2.20. The Balaban J connectivity index is 1.74. The Morgan fingerprint density at radius 2 is 2.39 bits per heavy atom. The predicted octanol–water partition coefficient (Wildman–Crippen LogP) is 1.98. The van der Waals surface area contributed by atoms with Crippen molar-refractivity contribution in [2.45, 2.75) is 25.7 Å². The van der Waals surface area contributed by atoms with E-state index >= 15 is 0 Å². The Labute approximate surface area is 112 Å². The summed E-state index contributed by atoms with van der Waals surface area (Å²) in [5, 5.41) is 4.79. The van der Waals surface area contributed by atoms with Crippen molar-refractivity contribution in [3.8, 4) is 11.8 Å². The Morgan fingerprint density at radius 1 is 1.56 bits per heavy atom. The van der Waals surface area contributed by atoms with Crippen LogP contribution in [0.4, 0.5) is 0 Å². The molecule has 96 valence electrons. The molecule has 0 atom stereocenters. The lowest BCUT2D eigenvalue weighted by molar-refractivity contribution is 0.0953. The van der Waals surface area contributed by atoms with Crippen molar-refractivity contribution in [2.24, 2.45) is 11.7 Å². The maximum absolute atomic E-state index is 11.8. The smallest absolute Gasteiger partial charge is 0.252 e. The average molecular weight is 262 g/mol. The Kier molecular flexibility index (Phi) is 4.80. The summed E-state index contributed by atoms with van der Waals surface area (Å²) in [6.45, 7) is 1.12. The molecule has 0 aromatic carbocycles. The van der Waals surface area contributed by atoms with Crippen molar-refractivity contribution in [3.63, 3.8) is 0 Å². The van der Waals surface area contributed by atoms with E-state index in [2.05, 4.69) is 17.2 Å². The van der Waals surface area contributed by atoms with Crippen LogP contribution in [0, 0.1) is 17.8 Å². The number of hydrogen-bond acceptors (Lipinski definition) is 3. The van der Waals surface area contributed by atoms with Crippen LogP contribution in [-0.4, -0.2) is 19.0 Å². The van der Waals surface area contributed by atoms with Gasteiger partial charge in [0, 0.05) is 11.9 Å². The zero-order valence-corrected chi connectivity index (χ0v) is 11.2. The van der Waals surface area contributed by atoms with Crippen molar-refractivity contribution in [1.82, 2.24) is 5.32 Å². The van der Waals surface area contributed by atoms with E-state index in [-0.39, 0.29) is 5.91 Å². The van der Waals surface area contributed by atoms with Crippen LogP contribution in [0.5, 0.6) is 0 Å². The molecule has 4 heteroatoms. The van der Waals surface area contributed by atoms with E-state index in [4.69, 9.17) is 5.73 Å². The molecule has 3 nitrogen and oxygen atoms in total. The average Bonchev–Trinajstić information content (AvgIpc) is 3.08. The Hall–Kier alpha value is -1.31. The van der Waals surface area contributed by atoms with Crippen LogP contribution in [0.25, 0.3) is 0 Å². The highest BCUT2D eigenvalue weighted by atomic mass is 32.1. The molecule has 3 N–H and O–H groups in total. The molecular weight excluding hydrogens is 244 g/mol. The SMILES string of the molecule is NCC#Cc1cc(C(=O)NCCCC2CC2)cs1. The first-order valence-corrected chi connectivity index (χ1v) is 7.23. The van der Waals surface area contributed by atoms with Gasteiger partial charge in [-0.2, -0.15) is 0 Å². The van der Waals surface area contributed by atoms with E-state index in [0.717, 1.165) is 23.8 Å². The first kappa shape index (κ1) is 13.1. The fraction of sp³-hybridized carbons (Fsp3) is 0.500. The van der Waals surface area contributed by atoms with Crippen LogP contribution in [0.2, 0.25) is 0 Å². The number of carbonyl (C=O) groups is 1. The van der Waals surface area contributed by atoms with Gasteiger partial charge in [-0.3, -0.25) is 4.79 Å². The number of nitrogens with one attached hydrogen (secondary N) is 1. The lowest BCUT2D eigenvalue weighted by Gasteiger charge is -2.02. The first-order valence-electron chi connectivity index (χ1n) is 6.35.